The van der Waals surface area contributed by atoms with E-state index in [1.54, 1.807) is 18.5 Å². The van der Waals surface area contributed by atoms with Gasteiger partial charge in [-0.2, -0.15) is 0 Å². The van der Waals surface area contributed by atoms with E-state index in [1.165, 1.54) is 4.90 Å². The smallest absolute Gasteiger partial charge is 0.246 e. The molecule has 0 aliphatic rings. The second-order valence-corrected chi connectivity index (χ2v) is 10.1. The van der Waals surface area contributed by atoms with E-state index < -0.39 is 18.1 Å². The highest BCUT2D eigenvalue weighted by molar-refractivity contribution is 5.90. The van der Waals surface area contributed by atoms with E-state index in [0.29, 0.717) is 31.8 Å². The van der Waals surface area contributed by atoms with E-state index in [9.17, 15) is 14.4 Å². The fourth-order valence-corrected chi connectivity index (χ4v) is 3.97. The number of carbonyl (C=O) groups is 2. The number of carbonyl (C=O) groups excluding carboxylic acids is 3. The molecule has 0 aromatic carbocycles. The zero-order valence-corrected chi connectivity index (χ0v) is 22.5. The molecule has 0 aliphatic heterocycles. The first kappa shape index (κ1) is 31.7. The molecule has 9 nitrogen and oxygen atoms in total. The molecular weight excluding hydrogens is 456 g/mol. The SMILES string of the molecule is CC(C)C[C@H](NC(=O)[C@@H](N)CCCCN)C(=O)N(Cc1cccnc1)[C@H]([C]=O)CCCCNC(C)C. The lowest BCUT2D eigenvalue weighted by atomic mass is 9.99. The summed E-state index contributed by atoms with van der Waals surface area (Å²) < 4.78 is 0. The van der Waals surface area contributed by atoms with Gasteiger partial charge >= 0.3 is 0 Å². The third-order valence-corrected chi connectivity index (χ3v) is 5.96. The lowest BCUT2D eigenvalue weighted by Crippen LogP contribution is -2.55. The molecule has 0 saturated heterocycles. The van der Waals surface area contributed by atoms with Crippen molar-refractivity contribution in [3.05, 3.63) is 30.1 Å². The molecule has 1 heterocycles. The maximum Gasteiger partial charge on any atom is 0.246 e. The van der Waals surface area contributed by atoms with Crippen LogP contribution in [0.5, 0.6) is 0 Å². The van der Waals surface area contributed by atoms with Crippen LogP contribution in [0.3, 0.4) is 0 Å². The quantitative estimate of drug-likeness (QED) is 0.212. The Bertz CT molecular complexity index is 759. The van der Waals surface area contributed by atoms with Gasteiger partial charge in [0.2, 0.25) is 18.1 Å². The molecule has 0 unspecified atom stereocenters. The Morgan fingerprint density at radius 2 is 1.83 bits per heavy atom. The average Bonchev–Trinajstić information content (AvgIpc) is 2.84. The summed E-state index contributed by atoms with van der Waals surface area (Å²) in [4.78, 5) is 44.4. The third-order valence-electron chi connectivity index (χ3n) is 5.96. The molecule has 0 spiro atoms. The van der Waals surface area contributed by atoms with Gasteiger partial charge in [-0.05, 0) is 69.2 Å². The van der Waals surface area contributed by atoms with Crippen LogP contribution in [0.2, 0.25) is 0 Å². The maximum absolute atomic E-state index is 13.8. The van der Waals surface area contributed by atoms with Crippen molar-refractivity contribution in [2.75, 3.05) is 13.1 Å². The number of hydrogen-bond acceptors (Lipinski definition) is 7. The molecule has 2 amide bonds. The molecule has 1 radical (unpaired) electrons. The zero-order chi connectivity index (χ0) is 26.9. The van der Waals surface area contributed by atoms with Crippen molar-refractivity contribution in [3.63, 3.8) is 0 Å². The molecule has 1 rings (SSSR count). The first-order valence-corrected chi connectivity index (χ1v) is 13.3. The normalized spacial score (nSPS) is 13.9. The summed E-state index contributed by atoms with van der Waals surface area (Å²) in [6, 6.07) is 1.83. The van der Waals surface area contributed by atoms with E-state index in [2.05, 4.69) is 35.8 Å². The number of pyridine rings is 1. The summed E-state index contributed by atoms with van der Waals surface area (Å²) in [5, 5.41) is 6.23. The van der Waals surface area contributed by atoms with Crippen LogP contribution >= 0.6 is 0 Å². The summed E-state index contributed by atoms with van der Waals surface area (Å²) in [6.45, 7) is 9.75. The molecule has 3 atom stereocenters. The maximum atomic E-state index is 13.8. The first-order valence-electron chi connectivity index (χ1n) is 13.3. The van der Waals surface area contributed by atoms with Gasteiger partial charge in [0.05, 0.1) is 12.1 Å². The Labute approximate surface area is 217 Å². The van der Waals surface area contributed by atoms with Gasteiger partial charge in [0.15, 0.2) is 0 Å². The molecule has 1 aromatic heterocycles. The lowest BCUT2D eigenvalue weighted by molar-refractivity contribution is -0.138. The van der Waals surface area contributed by atoms with Crippen molar-refractivity contribution in [3.8, 4) is 0 Å². The highest BCUT2D eigenvalue weighted by atomic mass is 16.2. The third kappa shape index (κ3) is 12.6. The highest BCUT2D eigenvalue weighted by Crippen LogP contribution is 2.17. The fourth-order valence-electron chi connectivity index (χ4n) is 3.97. The van der Waals surface area contributed by atoms with Gasteiger partial charge in [0.1, 0.15) is 6.04 Å². The zero-order valence-electron chi connectivity index (χ0n) is 22.5. The standard InChI is InChI=1S/C27H47N6O3/c1-20(2)16-25(32-26(35)24(29)12-5-7-13-28)27(36)33(18-22-10-9-14-30-17-22)23(19-34)11-6-8-15-31-21(3)4/h9-10,14,17,20-21,23-25,31H,5-8,11-13,15-16,18,28-29H2,1-4H3,(H,32,35)/t23-,24-,25-/m0/s1. The molecule has 0 saturated carbocycles. The highest BCUT2D eigenvalue weighted by Gasteiger charge is 2.32. The molecule has 1 aromatic rings. The van der Waals surface area contributed by atoms with Gasteiger partial charge in [-0.1, -0.05) is 40.2 Å². The Hall–Kier alpha value is -2.36. The predicted octanol–water partition coefficient (Wildman–Crippen LogP) is 2.04. The number of nitrogens with one attached hydrogen (secondary N) is 2. The second-order valence-electron chi connectivity index (χ2n) is 10.1. The van der Waals surface area contributed by atoms with Crippen LogP contribution < -0.4 is 22.1 Å². The number of aromatic nitrogens is 1. The Kier molecular flexibility index (Phi) is 15.8. The Morgan fingerprint density at radius 1 is 1.11 bits per heavy atom. The monoisotopic (exact) mass is 503 g/mol. The van der Waals surface area contributed by atoms with Crippen molar-refractivity contribution >= 4 is 18.1 Å². The first-order chi connectivity index (χ1) is 17.2. The van der Waals surface area contributed by atoms with E-state index in [0.717, 1.165) is 37.8 Å². The van der Waals surface area contributed by atoms with Crippen molar-refractivity contribution < 1.29 is 14.4 Å². The predicted molar refractivity (Wildman–Crippen MR) is 144 cm³/mol. The summed E-state index contributed by atoms with van der Waals surface area (Å²) in [5.74, 6) is -0.517. The molecule has 0 aliphatic carbocycles. The number of rotatable bonds is 19. The van der Waals surface area contributed by atoms with Gasteiger partial charge in [-0.15, -0.1) is 0 Å². The van der Waals surface area contributed by atoms with Crippen LogP contribution in [0.25, 0.3) is 0 Å². The summed E-state index contributed by atoms with van der Waals surface area (Å²) in [6.07, 6.45) is 10.0. The van der Waals surface area contributed by atoms with Crippen molar-refractivity contribution in [2.24, 2.45) is 17.4 Å². The molecule has 36 heavy (non-hydrogen) atoms. The molecule has 6 N–H and O–H groups in total. The van der Waals surface area contributed by atoms with Gasteiger partial charge in [0.25, 0.3) is 0 Å². The molecule has 203 valence electrons. The molecule has 0 bridgehead atoms. The summed E-state index contributed by atoms with van der Waals surface area (Å²) in [5.41, 5.74) is 12.4. The average molecular weight is 504 g/mol. The number of nitrogens with zero attached hydrogens (tertiary/aromatic N) is 2. The van der Waals surface area contributed by atoms with Crippen LogP contribution in [-0.2, 0) is 20.9 Å². The van der Waals surface area contributed by atoms with Crippen molar-refractivity contribution in [1.82, 2.24) is 20.5 Å². The Morgan fingerprint density at radius 3 is 2.42 bits per heavy atom. The van der Waals surface area contributed by atoms with E-state index >= 15 is 0 Å². The van der Waals surface area contributed by atoms with Gasteiger partial charge < -0.3 is 27.0 Å². The summed E-state index contributed by atoms with van der Waals surface area (Å²) >= 11 is 0. The van der Waals surface area contributed by atoms with E-state index in [1.807, 2.05) is 19.9 Å². The Balaban J connectivity index is 3.05. The number of hydrogen-bond donors (Lipinski definition) is 4. The fraction of sp³-hybridized carbons (Fsp3) is 0.704. The van der Waals surface area contributed by atoms with Crippen molar-refractivity contribution in [1.29, 1.82) is 0 Å². The van der Waals surface area contributed by atoms with Gasteiger partial charge in [0, 0.05) is 25.0 Å². The largest absolute Gasteiger partial charge is 0.343 e. The lowest BCUT2D eigenvalue weighted by Gasteiger charge is -2.33. The molecule has 9 heteroatoms. The second kappa shape index (κ2) is 18.0. The van der Waals surface area contributed by atoms with Gasteiger partial charge in [-0.25, -0.2) is 0 Å². The van der Waals surface area contributed by atoms with Gasteiger partial charge in [-0.3, -0.25) is 19.4 Å². The summed E-state index contributed by atoms with van der Waals surface area (Å²) in [7, 11) is 0. The van der Waals surface area contributed by atoms with Crippen LogP contribution in [0.4, 0.5) is 0 Å². The van der Waals surface area contributed by atoms with Crippen LogP contribution in [0.1, 0.15) is 78.2 Å². The number of nitrogens with two attached hydrogens (primary N) is 2. The minimum Gasteiger partial charge on any atom is -0.343 e. The minimum absolute atomic E-state index is 0.147. The van der Waals surface area contributed by atoms with E-state index in [-0.39, 0.29) is 24.3 Å². The van der Waals surface area contributed by atoms with Crippen LogP contribution in [0, 0.1) is 5.92 Å². The topological polar surface area (TPSA) is 143 Å². The number of unbranched alkanes of at least 4 members (excludes halogenated alkanes) is 2. The van der Waals surface area contributed by atoms with Crippen LogP contribution in [0.15, 0.2) is 24.5 Å². The minimum atomic E-state index is -0.784. The number of amides is 2. The van der Waals surface area contributed by atoms with Crippen molar-refractivity contribution in [2.45, 2.75) is 103 Å². The molecule has 0 fully saturated rings. The van der Waals surface area contributed by atoms with Crippen LogP contribution in [-0.4, -0.2) is 65.2 Å². The molecular formula is C27H47N6O3. The van der Waals surface area contributed by atoms with E-state index in [4.69, 9.17) is 11.5 Å².